The lowest BCUT2D eigenvalue weighted by Gasteiger charge is -2.27. The number of amides is 1. The molecule has 0 saturated heterocycles. The SMILES string of the molecule is Cc1ncc(O)c2c1CCN(C(=O)O)C2. The van der Waals surface area contributed by atoms with Crippen molar-refractivity contribution in [2.75, 3.05) is 6.54 Å². The molecule has 2 heterocycles. The first-order valence-corrected chi connectivity index (χ1v) is 4.73. The number of aromatic nitrogens is 1. The first-order chi connectivity index (χ1) is 7.09. The van der Waals surface area contributed by atoms with Gasteiger partial charge >= 0.3 is 6.09 Å². The van der Waals surface area contributed by atoms with Gasteiger partial charge in [0.05, 0.1) is 12.7 Å². The highest BCUT2D eigenvalue weighted by Gasteiger charge is 2.23. The van der Waals surface area contributed by atoms with Crippen molar-refractivity contribution in [2.45, 2.75) is 19.9 Å². The van der Waals surface area contributed by atoms with Gasteiger partial charge in [0.15, 0.2) is 0 Å². The second kappa shape index (κ2) is 3.42. The highest BCUT2D eigenvalue weighted by atomic mass is 16.4. The van der Waals surface area contributed by atoms with Crippen molar-refractivity contribution >= 4 is 6.09 Å². The van der Waals surface area contributed by atoms with Gasteiger partial charge in [0, 0.05) is 17.8 Å². The summed E-state index contributed by atoms with van der Waals surface area (Å²) in [5.74, 6) is 0.0848. The minimum absolute atomic E-state index is 0.0848. The smallest absolute Gasteiger partial charge is 0.407 e. The fraction of sp³-hybridized carbons (Fsp3) is 0.400. The van der Waals surface area contributed by atoms with Gasteiger partial charge in [-0.15, -0.1) is 0 Å². The fourth-order valence-corrected chi connectivity index (χ4v) is 1.87. The molecule has 0 aliphatic carbocycles. The second-order valence-corrected chi connectivity index (χ2v) is 3.64. The van der Waals surface area contributed by atoms with E-state index in [9.17, 15) is 9.90 Å². The maximum Gasteiger partial charge on any atom is 0.407 e. The van der Waals surface area contributed by atoms with E-state index in [1.807, 2.05) is 6.92 Å². The van der Waals surface area contributed by atoms with Crippen LogP contribution >= 0.6 is 0 Å². The molecule has 0 fully saturated rings. The maximum atomic E-state index is 10.8. The van der Waals surface area contributed by atoms with Gasteiger partial charge in [-0.25, -0.2) is 4.79 Å². The molecule has 1 amide bonds. The number of hydrogen-bond donors (Lipinski definition) is 2. The van der Waals surface area contributed by atoms with Crippen molar-refractivity contribution in [3.63, 3.8) is 0 Å². The first-order valence-electron chi connectivity index (χ1n) is 4.73. The number of hydrogen-bond acceptors (Lipinski definition) is 3. The lowest BCUT2D eigenvalue weighted by atomic mass is 9.98. The van der Waals surface area contributed by atoms with Crippen LogP contribution in [0, 0.1) is 6.92 Å². The van der Waals surface area contributed by atoms with Crippen LogP contribution in [0.1, 0.15) is 16.8 Å². The standard InChI is InChI=1S/C10H12N2O3/c1-6-7-2-3-12(10(14)15)5-8(7)9(13)4-11-6/h4,13H,2-3,5H2,1H3,(H,14,15). The van der Waals surface area contributed by atoms with E-state index in [-0.39, 0.29) is 12.3 Å². The van der Waals surface area contributed by atoms with Crippen molar-refractivity contribution in [3.8, 4) is 5.75 Å². The topological polar surface area (TPSA) is 73.7 Å². The predicted molar refractivity (Wildman–Crippen MR) is 52.8 cm³/mol. The van der Waals surface area contributed by atoms with Crippen molar-refractivity contribution in [3.05, 3.63) is 23.0 Å². The molecule has 1 aromatic heterocycles. The largest absolute Gasteiger partial charge is 0.506 e. The quantitative estimate of drug-likeness (QED) is 0.670. The summed E-state index contributed by atoms with van der Waals surface area (Å²) in [5.41, 5.74) is 2.54. The number of carboxylic acid groups (broad SMARTS) is 1. The molecule has 1 aliphatic heterocycles. The van der Waals surface area contributed by atoms with Crippen molar-refractivity contribution in [2.24, 2.45) is 0 Å². The Kier molecular flexibility index (Phi) is 2.22. The molecule has 0 spiro atoms. The molecule has 15 heavy (non-hydrogen) atoms. The Balaban J connectivity index is 2.41. The van der Waals surface area contributed by atoms with Crippen molar-refractivity contribution < 1.29 is 15.0 Å². The number of nitrogens with zero attached hydrogens (tertiary/aromatic N) is 2. The summed E-state index contributed by atoms with van der Waals surface area (Å²) in [6.07, 6.45) is 1.04. The molecule has 2 N–H and O–H groups in total. The zero-order valence-corrected chi connectivity index (χ0v) is 8.40. The van der Waals surface area contributed by atoms with Crippen LogP contribution in [-0.4, -0.2) is 32.7 Å². The van der Waals surface area contributed by atoms with E-state index in [4.69, 9.17) is 5.11 Å². The molecular formula is C10H12N2O3. The predicted octanol–water partition coefficient (Wildman–Crippen LogP) is 1.13. The molecule has 0 unspecified atom stereocenters. The number of carbonyl (C=O) groups is 1. The molecule has 1 aliphatic rings. The average molecular weight is 208 g/mol. The first kappa shape index (κ1) is 9.76. The van der Waals surface area contributed by atoms with Crippen molar-refractivity contribution in [1.82, 2.24) is 9.88 Å². The van der Waals surface area contributed by atoms with Crippen LogP contribution < -0.4 is 0 Å². The van der Waals surface area contributed by atoms with Gasteiger partial charge in [0.25, 0.3) is 0 Å². The van der Waals surface area contributed by atoms with Crippen LogP contribution in [0.25, 0.3) is 0 Å². The lowest BCUT2D eigenvalue weighted by molar-refractivity contribution is 0.139. The molecule has 0 radical (unpaired) electrons. The van der Waals surface area contributed by atoms with Gasteiger partial charge < -0.3 is 15.1 Å². The molecule has 5 heteroatoms. The average Bonchev–Trinajstić information content (AvgIpc) is 2.23. The van der Waals surface area contributed by atoms with E-state index in [2.05, 4.69) is 4.98 Å². The van der Waals surface area contributed by atoms with Gasteiger partial charge in [-0.2, -0.15) is 0 Å². The summed E-state index contributed by atoms with van der Waals surface area (Å²) < 4.78 is 0. The van der Waals surface area contributed by atoms with Crippen LogP contribution in [0.2, 0.25) is 0 Å². The van der Waals surface area contributed by atoms with Crippen molar-refractivity contribution in [1.29, 1.82) is 0 Å². The third kappa shape index (κ3) is 1.60. The zero-order valence-electron chi connectivity index (χ0n) is 8.40. The molecule has 2 rings (SSSR count). The molecular weight excluding hydrogens is 196 g/mol. The normalized spacial score (nSPS) is 14.9. The van der Waals surface area contributed by atoms with E-state index in [0.29, 0.717) is 18.5 Å². The van der Waals surface area contributed by atoms with Crippen LogP contribution in [0.5, 0.6) is 5.75 Å². The molecule has 0 saturated carbocycles. The third-order valence-electron chi connectivity index (χ3n) is 2.74. The van der Waals surface area contributed by atoms with Gasteiger partial charge in [-0.05, 0) is 18.9 Å². The Bertz CT molecular complexity index is 417. The van der Waals surface area contributed by atoms with E-state index >= 15 is 0 Å². The Morgan fingerprint density at radius 2 is 2.27 bits per heavy atom. The monoisotopic (exact) mass is 208 g/mol. The van der Waals surface area contributed by atoms with E-state index in [0.717, 1.165) is 11.3 Å². The molecule has 0 aromatic carbocycles. The number of rotatable bonds is 0. The number of aryl methyl sites for hydroxylation is 1. The van der Waals surface area contributed by atoms with Gasteiger partial charge in [-0.3, -0.25) is 4.98 Å². The Morgan fingerprint density at radius 1 is 1.53 bits per heavy atom. The third-order valence-corrected chi connectivity index (χ3v) is 2.74. The summed E-state index contributed by atoms with van der Waals surface area (Å²) in [4.78, 5) is 16.1. The highest BCUT2D eigenvalue weighted by Crippen LogP contribution is 2.28. The molecule has 80 valence electrons. The Hall–Kier alpha value is -1.78. The minimum atomic E-state index is -0.950. The fourth-order valence-electron chi connectivity index (χ4n) is 1.87. The minimum Gasteiger partial charge on any atom is -0.506 e. The van der Waals surface area contributed by atoms with Crippen LogP contribution in [0.4, 0.5) is 4.79 Å². The van der Waals surface area contributed by atoms with Gasteiger partial charge in [0.2, 0.25) is 0 Å². The summed E-state index contributed by atoms with van der Waals surface area (Å²) in [6.45, 7) is 2.59. The molecule has 5 nitrogen and oxygen atoms in total. The molecule has 1 aromatic rings. The highest BCUT2D eigenvalue weighted by molar-refractivity contribution is 5.66. The van der Waals surface area contributed by atoms with E-state index < -0.39 is 6.09 Å². The molecule has 0 atom stereocenters. The zero-order chi connectivity index (χ0) is 11.0. The maximum absolute atomic E-state index is 10.8. The van der Waals surface area contributed by atoms with E-state index in [1.165, 1.54) is 11.1 Å². The lowest BCUT2D eigenvalue weighted by Crippen LogP contribution is -2.35. The Labute approximate surface area is 87.0 Å². The summed E-state index contributed by atoms with van der Waals surface area (Å²) in [7, 11) is 0. The van der Waals surface area contributed by atoms with E-state index in [1.54, 1.807) is 0 Å². The summed E-state index contributed by atoms with van der Waals surface area (Å²) >= 11 is 0. The summed E-state index contributed by atoms with van der Waals surface area (Å²) in [6, 6.07) is 0. The molecule has 0 bridgehead atoms. The van der Waals surface area contributed by atoms with Gasteiger partial charge in [0.1, 0.15) is 5.75 Å². The summed E-state index contributed by atoms with van der Waals surface area (Å²) in [5, 5.41) is 18.5. The van der Waals surface area contributed by atoms with Crippen LogP contribution in [0.3, 0.4) is 0 Å². The Morgan fingerprint density at radius 3 is 2.93 bits per heavy atom. The van der Waals surface area contributed by atoms with Crippen LogP contribution in [-0.2, 0) is 13.0 Å². The second-order valence-electron chi connectivity index (χ2n) is 3.64. The van der Waals surface area contributed by atoms with Gasteiger partial charge in [-0.1, -0.05) is 0 Å². The number of aromatic hydroxyl groups is 1. The van der Waals surface area contributed by atoms with Crippen LogP contribution in [0.15, 0.2) is 6.20 Å². The number of fused-ring (bicyclic) bond motifs is 1. The number of pyridine rings is 1.